The molecule has 13 nitrogen and oxygen atoms in total. The lowest BCUT2D eigenvalue weighted by atomic mass is 9.76. The van der Waals surface area contributed by atoms with Gasteiger partial charge in [0.05, 0.1) is 23.4 Å². The number of nitrogens with one attached hydrogen (secondary N) is 1. The first kappa shape index (κ1) is 39.0. The highest BCUT2D eigenvalue weighted by molar-refractivity contribution is 6.33. The van der Waals surface area contributed by atoms with E-state index in [-0.39, 0.29) is 47.0 Å². The number of hydrogen-bond acceptors (Lipinski definition) is 9. The van der Waals surface area contributed by atoms with E-state index in [4.69, 9.17) is 18.2 Å². The SMILES string of the molecule is [C-]#[N+]c1ccc(N2CC3(CCN(c4ccc(C(=O)N5CC[C@@H](N6CCN(c7cc8c(cc7F)C(=O)N(C7CCC(=O)NC7=O)C8=O)CC6)C5)cc4)CC3)C[C@@H]2C)cc1Cl. The summed E-state index contributed by atoms with van der Waals surface area (Å²) in [5, 5.41) is 2.68. The topological polar surface area (TPSA) is 121 Å². The van der Waals surface area contributed by atoms with Crippen LogP contribution in [0.2, 0.25) is 5.02 Å². The summed E-state index contributed by atoms with van der Waals surface area (Å²) in [6.45, 7) is 16.0. The van der Waals surface area contributed by atoms with Crippen molar-refractivity contribution in [3.63, 3.8) is 0 Å². The van der Waals surface area contributed by atoms with E-state index < -0.39 is 35.5 Å². The maximum absolute atomic E-state index is 15.5. The number of carbonyl (C=O) groups is 5. The second-order valence-corrected chi connectivity index (χ2v) is 17.4. The standard InChI is InChI=1S/C44H46ClFN8O5/c1-27-24-44(26-53(27)30-7-8-36(47-2)34(45)21-30)12-15-49(16-13-44)29-5-3-28(4-6-29)41(57)52-14-11-31(25-52)50-17-19-51(20-18-50)38-23-33-32(22-35(38)46)42(58)54(43(33)59)37-9-10-39(55)48-40(37)56/h3-8,21-23,27,31,37H,9-20,24-26H2,1H3,(H,48,55,56)/t27-,31+,37?/m0/s1. The fourth-order valence-electron chi connectivity index (χ4n) is 10.3. The third-order valence-electron chi connectivity index (χ3n) is 13.6. The molecule has 3 aromatic rings. The molecule has 3 atom stereocenters. The second kappa shape index (κ2) is 15.3. The summed E-state index contributed by atoms with van der Waals surface area (Å²) in [6.07, 6.45) is 4.17. The minimum Gasteiger partial charge on any atom is -0.371 e. The number of piperidine rings is 2. The third kappa shape index (κ3) is 7.08. The van der Waals surface area contributed by atoms with Gasteiger partial charge in [-0.3, -0.25) is 39.1 Å². The van der Waals surface area contributed by atoms with E-state index in [0.29, 0.717) is 61.6 Å². The molecule has 0 aromatic heterocycles. The molecule has 1 N–H and O–H groups in total. The van der Waals surface area contributed by atoms with Crippen molar-refractivity contribution in [3.8, 4) is 0 Å². The van der Waals surface area contributed by atoms with Crippen LogP contribution in [0.1, 0.15) is 76.5 Å². The molecule has 5 amide bonds. The first-order chi connectivity index (χ1) is 28.4. The van der Waals surface area contributed by atoms with Gasteiger partial charge in [0.2, 0.25) is 17.5 Å². The van der Waals surface area contributed by atoms with Crippen LogP contribution < -0.4 is 20.0 Å². The van der Waals surface area contributed by atoms with E-state index in [2.05, 4.69) is 43.9 Å². The zero-order valence-electron chi connectivity index (χ0n) is 33.0. The van der Waals surface area contributed by atoms with Gasteiger partial charge in [-0.25, -0.2) is 9.24 Å². The van der Waals surface area contributed by atoms with Crippen LogP contribution in [0, 0.1) is 17.8 Å². The van der Waals surface area contributed by atoms with Crippen molar-refractivity contribution < 1.29 is 28.4 Å². The summed E-state index contributed by atoms with van der Waals surface area (Å²) in [5.74, 6) is -3.15. The number of benzene rings is 3. The maximum atomic E-state index is 15.5. The normalized spacial score (nSPS) is 24.6. The number of anilines is 3. The Morgan fingerprint density at radius 3 is 2.24 bits per heavy atom. The van der Waals surface area contributed by atoms with Crippen LogP contribution in [0.25, 0.3) is 4.85 Å². The number of halogens is 2. The van der Waals surface area contributed by atoms with Crippen molar-refractivity contribution in [2.24, 2.45) is 5.41 Å². The average Bonchev–Trinajstić information content (AvgIpc) is 3.92. The molecule has 3 aromatic carbocycles. The molecule has 6 heterocycles. The molecule has 1 spiro atoms. The van der Waals surface area contributed by atoms with Gasteiger partial charge in [0.15, 0.2) is 0 Å². The molecule has 9 rings (SSSR count). The average molecular weight is 821 g/mol. The molecule has 5 fully saturated rings. The minimum absolute atomic E-state index is 0.00930. The highest BCUT2D eigenvalue weighted by Crippen LogP contribution is 2.46. The Kier molecular flexibility index (Phi) is 10.1. The molecule has 1 unspecified atom stereocenters. The number of imide groups is 2. The Bertz CT molecular complexity index is 2280. The molecule has 0 saturated carbocycles. The quantitative estimate of drug-likeness (QED) is 0.259. The van der Waals surface area contributed by atoms with Crippen molar-refractivity contribution in [1.29, 1.82) is 0 Å². The summed E-state index contributed by atoms with van der Waals surface area (Å²) >= 11 is 6.38. The lowest BCUT2D eigenvalue weighted by Gasteiger charge is -2.40. The number of likely N-dealkylation sites (tertiary alicyclic amines) is 1. The molecule has 6 aliphatic rings. The third-order valence-corrected chi connectivity index (χ3v) is 13.9. The van der Waals surface area contributed by atoms with Crippen LogP contribution in [0.15, 0.2) is 54.6 Å². The van der Waals surface area contributed by atoms with Crippen molar-refractivity contribution in [2.75, 3.05) is 73.6 Å². The Balaban J connectivity index is 0.764. The van der Waals surface area contributed by atoms with Gasteiger partial charge in [0.1, 0.15) is 11.9 Å². The van der Waals surface area contributed by atoms with Crippen LogP contribution in [-0.4, -0.2) is 121 Å². The Morgan fingerprint density at radius 2 is 1.56 bits per heavy atom. The predicted molar refractivity (Wildman–Crippen MR) is 221 cm³/mol. The number of rotatable bonds is 6. The van der Waals surface area contributed by atoms with Crippen LogP contribution in [0.5, 0.6) is 0 Å². The first-order valence-electron chi connectivity index (χ1n) is 20.5. The molecule has 59 heavy (non-hydrogen) atoms. The fourth-order valence-corrected chi connectivity index (χ4v) is 10.5. The first-order valence-corrected chi connectivity index (χ1v) is 20.9. The van der Waals surface area contributed by atoms with E-state index in [9.17, 15) is 24.0 Å². The molecule has 0 bridgehead atoms. The van der Waals surface area contributed by atoms with Gasteiger partial charge < -0.3 is 19.6 Å². The van der Waals surface area contributed by atoms with E-state index in [1.54, 1.807) is 0 Å². The van der Waals surface area contributed by atoms with E-state index >= 15 is 4.39 Å². The molecule has 6 aliphatic heterocycles. The highest BCUT2D eigenvalue weighted by atomic mass is 35.5. The highest BCUT2D eigenvalue weighted by Gasteiger charge is 2.46. The lowest BCUT2D eigenvalue weighted by Crippen LogP contribution is -2.54. The van der Waals surface area contributed by atoms with Gasteiger partial charge in [-0.05, 0) is 93.0 Å². The summed E-state index contributed by atoms with van der Waals surface area (Å²) in [4.78, 5) is 79.6. The molecule has 306 valence electrons. The fraction of sp³-hybridized carbons (Fsp3) is 0.455. The summed E-state index contributed by atoms with van der Waals surface area (Å²) < 4.78 is 15.5. The maximum Gasteiger partial charge on any atom is 0.262 e. The van der Waals surface area contributed by atoms with E-state index in [1.807, 2.05) is 40.1 Å². The van der Waals surface area contributed by atoms with E-state index in [1.165, 1.54) is 6.07 Å². The molecular formula is C44H46ClFN8O5. The van der Waals surface area contributed by atoms with Crippen molar-refractivity contribution >= 4 is 63.9 Å². The monoisotopic (exact) mass is 820 g/mol. The van der Waals surface area contributed by atoms with Gasteiger partial charge in [0, 0.05) is 99.4 Å². The van der Waals surface area contributed by atoms with Gasteiger partial charge in [0.25, 0.3) is 17.7 Å². The smallest absolute Gasteiger partial charge is 0.262 e. The number of fused-ring (bicyclic) bond motifs is 1. The Labute approximate surface area is 347 Å². The van der Waals surface area contributed by atoms with Crippen LogP contribution in [-0.2, 0) is 9.59 Å². The van der Waals surface area contributed by atoms with Gasteiger partial charge >= 0.3 is 0 Å². The largest absolute Gasteiger partial charge is 0.371 e. The minimum atomic E-state index is -1.11. The molecule has 5 saturated heterocycles. The van der Waals surface area contributed by atoms with Gasteiger partial charge in [-0.15, -0.1) is 0 Å². The Morgan fingerprint density at radius 1 is 0.864 bits per heavy atom. The van der Waals surface area contributed by atoms with Crippen LogP contribution in [0.4, 0.5) is 27.1 Å². The molecular weight excluding hydrogens is 775 g/mol. The zero-order chi connectivity index (χ0) is 41.2. The van der Waals surface area contributed by atoms with E-state index in [0.717, 1.165) is 67.7 Å². The van der Waals surface area contributed by atoms with Crippen LogP contribution >= 0.6 is 11.6 Å². The summed E-state index contributed by atoms with van der Waals surface area (Å²) in [5.41, 5.74) is 3.80. The molecule has 15 heteroatoms. The van der Waals surface area contributed by atoms with Crippen molar-refractivity contribution in [2.45, 2.75) is 63.6 Å². The summed E-state index contributed by atoms with van der Waals surface area (Å²) in [6, 6.07) is 15.7. The van der Waals surface area contributed by atoms with Crippen molar-refractivity contribution in [1.82, 2.24) is 20.0 Å². The van der Waals surface area contributed by atoms with Crippen molar-refractivity contribution in [3.05, 3.63) is 93.5 Å². The number of nitrogens with zero attached hydrogens (tertiary/aromatic N) is 7. The van der Waals surface area contributed by atoms with Crippen LogP contribution in [0.3, 0.4) is 0 Å². The second-order valence-electron chi connectivity index (χ2n) is 17.0. The molecule has 0 aliphatic carbocycles. The van der Waals surface area contributed by atoms with Gasteiger partial charge in [-0.1, -0.05) is 17.7 Å². The predicted octanol–water partition coefficient (Wildman–Crippen LogP) is 5.35. The lowest BCUT2D eigenvalue weighted by molar-refractivity contribution is -0.136. The number of amides is 5. The van der Waals surface area contributed by atoms with Gasteiger partial charge in [-0.2, -0.15) is 0 Å². The number of piperazine rings is 1. The Hall–Kier alpha value is -5.52. The number of carbonyl (C=O) groups excluding carboxylic acids is 5. The summed E-state index contributed by atoms with van der Waals surface area (Å²) in [7, 11) is 0. The molecule has 0 radical (unpaired) electrons. The number of hydrogen-bond donors (Lipinski definition) is 1. The zero-order valence-corrected chi connectivity index (χ0v) is 33.7.